The average molecular weight is 528 g/mol. The molecule has 0 radical (unpaired) electrons. The van der Waals surface area contributed by atoms with Crippen LogP contribution in [0.5, 0.6) is 5.75 Å². The van der Waals surface area contributed by atoms with Crippen LogP contribution in [-0.4, -0.2) is 51.9 Å². The maximum atomic E-state index is 14.4. The molecule has 0 spiro atoms. The number of hydrogen-bond acceptors (Lipinski definition) is 5. The first kappa shape index (κ1) is 27.7. The molecule has 0 aliphatic heterocycles. The van der Waals surface area contributed by atoms with Crippen molar-refractivity contribution in [2.75, 3.05) is 25.0 Å². The van der Waals surface area contributed by atoms with E-state index >= 15 is 0 Å². The Balaban J connectivity index is 2.03. The van der Waals surface area contributed by atoms with Gasteiger partial charge in [-0.05, 0) is 56.3 Å². The molecule has 0 bridgehead atoms. The maximum absolute atomic E-state index is 14.4. The SMILES string of the molecule is CNC(=O)C(C)N(Cc1ccccc1F)C(=O)CN(c1ccc(C)cc1)S(=O)(=O)c1ccc(OC)cc1. The Kier molecular flexibility index (Phi) is 8.88. The van der Waals surface area contributed by atoms with E-state index in [1.54, 1.807) is 30.3 Å². The molecule has 3 rings (SSSR count). The van der Waals surface area contributed by atoms with Crippen LogP contribution in [0.4, 0.5) is 10.1 Å². The van der Waals surface area contributed by atoms with Crippen molar-refractivity contribution < 1.29 is 27.1 Å². The summed E-state index contributed by atoms with van der Waals surface area (Å²) in [6.07, 6.45) is 0. The molecule has 3 aromatic carbocycles. The molecule has 0 aliphatic rings. The summed E-state index contributed by atoms with van der Waals surface area (Å²) in [6, 6.07) is 17.4. The second kappa shape index (κ2) is 11.9. The summed E-state index contributed by atoms with van der Waals surface area (Å²) in [7, 11) is -1.30. The zero-order valence-corrected chi connectivity index (χ0v) is 22.0. The van der Waals surface area contributed by atoms with Crippen LogP contribution in [-0.2, 0) is 26.2 Å². The van der Waals surface area contributed by atoms with Crippen LogP contribution in [0.3, 0.4) is 0 Å². The molecular weight excluding hydrogens is 497 g/mol. The number of sulfonamides is 1. The molecule has 0 heterocycles. The lowest BCUT2D eigenvalue weighted by Crippen LogP contribution is -2.50. The lowest BCUT2D eigenvalue weighted by atomic mass is 10.1. The number of carbonyl (C=O) groups is 2. The van der Waals surface area contributed by atoms with Crippen molar-refractivity contribution in [3.8, 4) is 5.75 Å². The van der Waals surface area contributed by atoms with Crippen molar-refractivity contribution in [1.82, 2.24) is 10.2 Å². The highest BCUT2D eigenvalue weighted by Crippen LogP contribution is 2.26. The van der Waals surface area contributed by atoms with Gasteiger partial charge in [0.05, 0.1) is 17.7 Å². The van der Waals surface area contributed by atoms with Gasteiger partial charge >= 0.3 is 0 Å². The molecule has 10 heteroatoms. The highest BCUT2D eigenvalue weighted by Gasteiger charge is 2.32. The number of carbonyl (C=O) groups excluding carboxylic acids is 2. The van der Waals surface area contributed by atoms with E-state index in [9.17, 15) is 22.4 Å². The average Bonchev–Trinajstić information content (AvgIpc) is 2.90. The van der Waals surface area contributed by atoms with Crippen LogP contribution in [0.15, 0.2) is 77.7 Å². The molecule has 0 aliphatic carbocycles. The number of halogens is 1. The molecule has 0 aromatic heterocycles. The Morgan fingerprint density at radius 3 is 2.19 bits per heavy atom. The zero-order valence-electron chi connectivity index (χ0n) is 21.1. The summed E-state index contributed by atoms with van der Waals surface area (Å²) in [6.45, 7) is 2.54. The van der Waals surface area contributed by atoms with E-state index in [2.05, 4.69) is 5.32 Å². The molecule has 37 heavy (non-hydrogen) atoms. The van der Waals surface area contributed by atoms with Crippen molar-refractivity contribution >= 4 is 27.5 Å². The monoisotopic (exact) mass is 527 g/mol. The molecule has 196 valence electrons. The fourth-order valence-electron chi connectivity index (χ4n) is 3.72. The second-order valence-electron chi connectivity index (χ2n) is 8.43. The minimum atomic E-state index is -4.20. The summed E-state index contributed by atoms with van der Waals surface area (Å²) >= 11 is 0. The zero-order chi connectivity index (χ0) is 27.2. The van der Waals surface area contributed by atoms with Gasteiger partial charge in [-0.1, -0.05) is 35.9 Å². The van der Waals surface area contributed by atoms with Gasteiger partial charge in [0, 0.05) is 19.2 Å². The van der Waals surface area contributed by atoms with Gasteiger partial charge in [-0.25, -0.2) is 12.8 Å². The third-order valence-electron chi connectivity index (χ3n) is 5.96. The molecular formula is C27H30FN3O5S. The van der Waals surface area contributed by atoms with Crippen molar-refractivity contribution in [2.24, 2.45) is 0 Å². The molecule has 1 unspecified atom stereocenters. The number of rotatable bonds is 10. The normalized spacial score (nSPS) is 11.9. The van der Waals surface area contributed by atoms with E-state index in [1.807, 2.05) is 6.92 Å². The Bertz CT molecular complexity index is 1350. The minimum absolute atomic E-state index is 0.0401. The minimum Gasteiger partial charge on any atom is -0.497 e. The third kappa shape index (κ3) is 6.45. The van der Waals surface area contributed by atoms with Gasteiger partial charge < -0.3 is 15.0 Å². The lowest BCUT2D eigenvalue weighted by molar-refractivity contribution is -0.139. The van der Waals surface area contributed by atoms with Crippen molar-refractivity contribution in [3.05, 3.63) is 89.7 Å². The quantitative estimate of drug-likeness (QED) is 0.436. The maximum Gasteiger partial charge on any atom is 0.264 e. The molecule has 1 N–H and O–H groups in total. The fraction of sp³-hybridized carbons (Fsp3) is 0.259. The molecule has 0 fully saturated rings. The Morgan fingerprint density at radius 1 is 1.00 bits per heavy atom. The van der Waals surface area contributed by atoms with E-state index in [0.29, 0.717) is 5.75 Å². The smallest absolute Gasteiger partial charge is 0.264 e. The molecule has 0 saturated heterocycles. The predicted octanol–water partition coefficient (Wildman–Crippen LogP) is 3.50. The Morgan fingerprint density at radius 2 is 1.62 bits per heavy atom. The third-order valence-corrected chi connectivity index (χ3v) is 7.75. The van der Waals surface area contributed by atoms with Gasteiger partial charge in [0.25, 0.3) is 10.0 Å². The van der Waals surface area contributed by atoms with Crippen LogP contribution in [0.1, 0.15) is 18.1 Å². The van der Waals surface area contributed by atoms with E-state index in [4.69, 9.17) is 4.74 Å². The van der Waals surface area contributed by atoms with Crippen molar-refractivity contribution in [1.29, 1.82) is 0 Å². The summed E-state index contributed by atoms with van der Waals surface area (Å²) in [4.78, 5) is 27.2. The number of anilines is 1. The van der Waals surface area contributed by atoms with Crippen LogP contribution in [0, 0.1) is 12.7 Å². The highest BCUT2D eigenvalue weighted by atomic mass is 32.2. The first-order valence-electron chi connectivity index (χ1n) is 11.6. The van der Waals surface area contributed by atoms with Gasteiger partial charge in [-0.3, -0.25) is 13.9 Å². The number of nitrogens with zero attached hydrogens (tertiary/aromatic N) is 2. The number of likely N-dealkylation sites (N-methyl/N-ethyl adjacent to an activating group) is 1. The number of ether oxygens (including phenoxy) is 1. The van der Waals surface area contributed by atoms with E-state index in [0.717, 1.165) is 9.87 Å². The van der Waals surface area contributed by atoms with Gasteiger partial charge in [0.15, 0.2) is 0 Å². The number of hydrogen-bond donors (Lipinski definition) is 1. The number of nitrogens with one attached hydrogen (secondary N) is 1. The first-order chi connectivity index (χ1) is 17.6. The molecule has 1 atom stereocenters. The number of benzene rings is 3. The molecule has 2 amide bonds. The standard InChI is InChI=1S/C27H30FN3O5S/c1-19-9-11-22(12-10-19)31(37(34,35)24-15-13-23(36-4)14-16-24)18-26(32)30(20(2)27(33)29-3)17-21-7-5-6-8-25(21)28/h5-16,20H,17-18H2,1-4H3,(H,29,33). The number of methoxy groups -OCH3 is 1. The van der Waals surface area contributed by atoms with Crippen molar-refractivity contribution in [2.45, 2.75) is 31.3 Å². The summed E-state index contributed by atoms with van der Waals surface area (Å²) in [5.41, 5.74) is 1.38. The lowest BCUT2D eigenvalue weighted by Gasteiger charge is -2.31. The predicted molar refractivity (Wildman–Crippen MR) is 139 cm³/mol. The van der Waals surface area contributed by atoms with Crippen LogP contribution >= 0.6 is 0 Å². The van der Waals surface area contributed by atoms with E-state index in [1.165, 1.54) is 68.4 Å². The summed E-state index contributed by atoms with van der Waals surface area (Å²) in [5, 5.41) is 2.49. The number of aryl methyl sites for hydroxylation is 1. The molecule has 8 nitrogen and oxygen atoms in total. The van der Waals surface area contributed by atoms with Crippen LogP contribution in [0.25, 0.3) is 0 Å². The highest BCUT2D eigenvalue weighted by molar-refractivity contribution is 7.92. The van der Waals surface area contributed by atoms with Gasteiger partial charge in [-0.15, -0.1) is 0 Å². The first-order valence-corrected chi connectivity index (χ1v) is 13.0. The Hall–Kier alpha value is -3.92. The number of amides is 2. The van der Waals surface area contributed by atoms with Crippen LogP contribution < -0.4 is 14.4 Å². The Labute approximate surface area is 216 Å². The fourth-order valence-corrected chi connectivity index (χ4v) is 5.13. The van der Waals surface area contributed by atoms with Gasteiger partial charge in [0.1, 0.15) is 24.2 Å². The topological polar surface area (TPSA) is 96.0 Å². The second-order valence-corrected chi connectivity index (χ2v) is 10.3. The molecule has 3 aromatic rings. The van der Waals surface area contributed by atoms with E-state index in [-0.39, 0.29) is 22.7 Å². The van der Waals surface area contributed by atoms with Crippen LogP contribution in [0.2, 0.25) is 0 Å². The summed E-state index contributed by atoms with van der Waals surface area (Å²) in [5.74, 6) is -1.19. The van der Waals surface area contributed by atoms with Gasteiger partial charge in [-0.2, -0.15) is 0 Å². The summed E-state index contributed by atoms with van der Waals surface area (Å²) < 4.78 is 48.0. The van der Waals surface area contributed by atoms with Crippen molar-refractivity contribution in [3.63, 3.8) is 0 Å². The van der Waals surface area contributed by atoms with Gasteiger partial charge in [0.2, 0.25) is 11.8 Å². The van der Waals surface area contributed by atoms with E-state index < -0.39 is 40.2 Å². The molecule has 0 saturated carbocycles. The largest absolute Gasteiger partial charge is 0.497 e.